The van der Waals surface area contributed by atoms with Gasteiger partial charge in [-0.25, -0.2) is 13.2 Å². The molecule has 3 rings (SSSR count). The van der Waals surface area contributed by atoms with Crippen molar-refractivity contribution in [2.45, 2.75) is 4.90 Å². The Morgan fingerprint density at radius 3 is 2.13 bits per heavy atom. The lowest BCUT2D eigenvalue weighted by molar-refractivity contribution is -0.383. The van der Waals surface area contributed by atoms with E-state index in [-0.39, 0.29) is 22.0 Å². The Morgan fingerprint density at radius 2 is 1.52 bits per heavy atom. The van der Waals surface area contributed by atoms with Gasteiger partial charge in [-0.2, -0.15) is 5.26 Å². The number of rotatable bonds is 6. The van der Waals surface area contributed by atoms with Crippen LogP contribution in [0.1, 0.15) is 5.56 Å². The van der Waals surface area contributed by atoms with Crippen LogP contribution in [0, 0.1) is 21.4 Å². The highest BCUT2D eigenvalue weighted by molar-refractivity contribution is 7.92. The predicted octanol–water partition coefficient (Wildman–Crippen LogP) is 3.91. The zero-order valence-electron chi connectivity index (χ0n) is 15.8. The molecule has 11 heteroatoms. The summed E-state index contributed by atoms with van der Waals surface area (Å²) in [5.74, 6) is 0. The lowest BCUT2D eigenvalue weighted by Crippen LogP contribution is -2.20. The summed E-state index contributed by atoms with van der Waals surface area (Å²) < 4.78 is 27.2. The molecule has 0 atom stereocenters. The molecular weight excluding hydrogens is 422 g/mol. The minimum Gasteiger partial charge on any atom is -0.308 e. The predicted molar refractivity (Wildman–Crippen MR) is 114 cm³/mol. The highest BCUT2D eigenvalue weighted by Crippen LogP contribution is 2.24. The number of nitrogens with one attached hydrogen (secondary N) is 3. The lowest BCUT2D eigenvalue weighted by atomic mass is 10.2. The Morgan fingerprint density at radius 1 is 0.903 bits per heavy atom. The van der Waals surface area contributed by atoms with Gasteiger partial charge in [-0.15, -0.1) is 0 Å². The average Bonchev–Trinajstić information content (AvgIpc) is 2.75. The van der Waals surface area contributed by atoms with Gasteiger partial charge in [-0.05, 0) is 54.6 Å². The second-order valence-corrected chi connectivity index (χ2v) is 7.85. The molecule has 0 unspecified atom stereocenters. The molecular formula is C20H15N5O5S. The molecule has 31 heavy (non-hydrogen) atoms. The van der Waals surface area contributed by atoms with Gasteiger partial charge in [-0.3, -0.25) is 14.8 Å². The summed E-state index contributed by atoms with van der Waals surface area (Å²) in [6.07, 6.45) is 0. The van der Waals surface area contributed by atoms with Crippen molar-refractivity contribution in [3.63, 3.8) is 0 Å². The topological polar surface area (TPSA) is 154 Å². The molecule has 0 saturated carbocycles. The van der Waals surface area contributed by atoms with Crippen LogP contribution in [-0.4, -0.2) is 19.4 Å². The number of para-hydroxylation sites is 2. The number of carbonyl (C=O) groups excluding carboxylic acids is 1. The molecule has 0 radical (unpaired) electrons. The van der Waals surface area contributed by atoms with Crippen LogP contribution in [-0.2, 0) is 10.0 Å². The molecule has 3 N–H and O–H groups in total. The third-order valence-corrected chi connectivity index (χ3v) is 5.43. The van der Waals surface area contributed by atoms with Crippen molar-refractivity contribution in [2.24, 2.45) is 0 Å². The quantitative estimate of drug-likeness (QED) is 0.392. The van der Waals surface area contributed by atoms with Gasteiger partial charge >= 0.3 is 6.03 Å². The third-order valence-electron chi connectivity index (χ3n) is 4.04. The van der Waals surface area contributed by atoms with Gasteiger partial charge in [0.05, 0.1) is 21.5 Å². The van der Waals surface area contributed by atoms with Crippen LogP contribution >= 0.6 is 0 Å². The van der Waals surface area contributed by atoms with Crippen molar-refractivity contribution in [1.29, 1.82) is 5.26 Å². The SMILES string of the molecule is N#Cc1ccc(S(=O)(=O)Nc2ccc(NC(=O)Nc3ccccc3[N+](=O)[O-])cc2)cc1. The fourth-order valence-electron chi connectivity index (χ4n) is 2.57. The van der Waals surface area contributed by atoms with E-state index < -0.39 is 21.0 Å². The molecule has 156 valence electrons. The Kier molecular flexibility index (Phi) is 6.13. The van der Waals surface area contributed by atoms with Crippen LogP contribution in [0.15, 0.2) is 77.7 Å². The first-order chi connectivity index (χ1) is 14.8. The number of hydrogen-bond acceptors (Lipinski definition) is 6. The number of nitro groups is 1. The summed E-state index contributed by atoms with van der Waals surface area (Å²) in [5, 5.41) is 24.7. The molecule has 0 aliphatic rings. The average molecular weight is 437 g/mol. The lowest BCUT2D eigenvalue weighted by Gasteiger charge is -2.10. The van der Waals surface area contributed by atoms with E-state index >= 15 is 0 Å². The van der Waals surface area contributed by atoms with E-state index in [1.807, 2.05) is 6.07 Å². The Balaban J connectivity index is 1.65. The van der Waals surface area contributed by atoms with Crippen LogP contribution in [0.4, 0.5) is 27.5 Å². The van der Waals surface area contributed by atoms with Crippen molar-refractivity contribution < 1.29 is 18.1 Å². The summed E-state index contributed by atoms with van der Waals surface area (Å²) >= 11 is 0. The number of carbonyl (C=O) groups is 1. The van der Waals surface area contributed by atoms with Gasteiger partial charge in [0.1, 0.15) is 5.69 Å². The van der Waals surface area contributed by atoms with E-state index in [0.29, 0.717) is 11.3 Å². The van der Waals surface area contributed by atoms with Crippen molar-refractivity contribution >= 4 is 38.8 Å². The fraction of sp³-hybridized carbons (Fsp3) is 0. The van der Waals surface area contributed by atoms with E-state index in [2.05, 4.69) is 15.4 Å². The molecule has 0 aromatic heterocycles. The zero-order chi connectivity index (χ0) is 22.4. The number of urea groups is 1. The number of nitrogens with zero attached hydrogens (tertiary/aromatic N) is 2. The molecule has 0 heterocycles. The van der Waals surface area contributed by atoms with Gasteiger partial charge < -0.3 is 10.6 Å². The highest BCUT2D eigenvalue weighted by atomic mass is 32.2. The van der Waals surface area contributed by atoms with Crippen LogP contribution in [0.2, 0.25) is 0 Å². The normalized spacial score (nSPS) is 10.5. The van der Waals surface area contributed by atoms with Crippen LogP contribution in [0.25, 0.3) is 0 Å². The zero-order valence-corrected chi connectivity index (χ0v) is 16.6. The number of nitriles is 1. The van der Waals surface area contributed by atoms with Crippen molar-refractivity contribution in [1.82, 2.24) is 0 Å². The summed E-state index contributed by atoms with van der Waals surface area (Å²) in [7, 11) is -3.85. The number of sulfonamides is 1. The Hall–Kier alpha value is -4.43. The van der Waals surface area contributed by atoms with E-state index in [1.54, 1.807) is 6.07 Å². The van der Waals surface area contributed by atoms with Gasteiger partial charge in [0.25, 0.3) is 15.7 Å². The summed E-state index contributed by atoms with van der Waals surface area (Å²) in [6.45, 7) is 0. The highest BCUT2D eigenvalue weighted by Gasteiger charge is 2.16. The van der Waals surface area contributed by atoms with Crippen molar-refractivity contribution in [2.75, 3.05) is 15.4 Å². The minimum absolute atomic E-state index is 0.00228. The molecule has 3 aromatic rings. The number of benzene rings is 3. The number of nitro benzene ring substituents is 1. The summed E-state index contributed by atoms with van der Waals surface area (Å²) in [5.41, 5.74) is 0.738. The largest absolute Gasteiger partial charge is 0.323 e. The molecule has 0 fully saturated rings. The van der Waals surface area contributed by atoms with Crippen LogP contribution < -0.4 is 15.4 Å². The molecule has 0 aliphatic carbocycles. The second kappa shape index (κ2) is 8.93. The second-order valence-electron chi connectivity index (χ2n) is 6.17. The Bertz CT molecular complexity index is 1270. The first-order valence-electron chi connectivity index (χ1n) is 8.73. The number of hydrogen-bond donors (Lipinski definition) is 3. The van der Waals surface area contributed by atoms with E-state index in [9.17, 15) is 23.3 Å². The molecule has 0 bridgehead atoms. The Labute approximate surface area is 177 Å². The summed E-state index contributed by atoms with van der Waals surface area (Å²) in [6, 6.07) is 18.2. The van der Waals surface area contributed by atoms with E-state index in [0.717, 1.165) is 0 Å². The summed E-state index contributed by atoms with van der Waals surface area (Å²) in [4.78, 5) is 22.5. The maximum absolute atomic E-state index is 12.4. The molecule has 2 amide bonds. The van der Waals surface area contributed by atoms with Crippen LogP contribution in [0.3, 0.4) is 0 Å². The fourth-order valence-corrected chi connectivity index (χ4v) is 3.63. The maximum atomic E-state index is 12.4. The van der Waals surface area contributed by atoms with E-state index in [4.69, 9.17) is 5.26 Å². The minimum atomic E-state index is -3.85. The van der Waals surface area contributed by atoms with Gasteiger partial charge in [-0.1, -0.05) is 12.1 Å². The first-order valence-corrected chi connectivity index (χ1v) is 10.2. The smallest absolute Gasteiger partial charge is 0.308 e. The molecule has 0 aliphatic heterocycles. The number of anilines is 3. The van der Waals surface area contributed by atoms with Gasteiger partial charge in [0, 0.05) is 17.4 Å². The van der Waals surface area contributed by atoms with Gasteiger partial charge in [0.2, 0.25) is 0 Å². The molecule has 10 nitrogen and oxygen atoms in total. The van der Waals surface area contributed by atoms with Gasteiger partial charge in [0.15, 0.2) is 0 Å². The van der Waals surface area contributed by atoms with Crippen molar-refractivity contribution in [3.8, 4) is 6.07 Å². The molecule has 0 spiro atoms. The number of amides is 2. The maximum Gasteiger partial charge on any atom is 0.323 e. The first kappa shape index (κ1) is 21.3. The standard InChI is InChI=1S/C20H15N5O5S/c21-13-14-5-11-17(12-6-14)31(29,30)24-16-9-7-15(8-10-16)22-20(26)23-18-3-1-2-4-19(18)25(27)28/h1-12,24H,(H2,22,23,26). The monoisotopic (exact) mass is 437 g/mol. The molecule has 3 aromatic carbocycles. The van der Waals surface area contributed by atoms with Crippen LogP contribution in [0.5, 0.6) is 0 Å². The van der Waals surface area contributed by atoms with Crippen molar-refractivity contribution in [3.05, 3.63) is 88.5 Å². The molecule has 0 saturated heterocycles. The van der Waals surface area contributed by atoms with E-state index in [1.165, 1.54) is 66.7 Å². The third kappa shape index (κ3) is 5.34.